The zero-order chi connectivity index (χ0) is 24.7. The maximum Gasteiger partial charge on any atom is 0.335 e. The van der Waals surface area contributed by atoms with Crippen LogP contribution in [0.2, 0.25) is 0 Å². The molecule has 176 valence electrons. The van der Waals surface area contributed by atoms with Gasteiger partial charge in [-0.1, -0.05) is 27.4 Å². The van der Waals surface area contributed by atoms with Crippen LogP contribution in [0.3, 0.4) is 0 Å². The zero-order valence-corrected chi connectivity index (χ0v) is 19.6. The van der Waals surface area contributed by atoms with Crippen molar-refractivity contribution >= 4 is 29.0 Å². The number of carbonyl (C=O) groups excluding carboxylic acids is 1. The standard InChI is InChI=1S/C24H29N3O6/c1-13(2)23(31)33-14(3)26-19-9-8-15(22(29)30)10-18(19)25-27(26)20-12-16(32-7)11-17(21(20)28)24(4,5)6/h8-12,14,25,28H,1H2,2-7H3,(H,29,30). The van der Waals surface area contributed by atoms with Crippen LogP contribution in [0.25, 0.3) is 0 Å². The van der Waals surface area contributed by atoms with E-state index in [9.17, 15) is 19.8 Å². The first-order valence-electron chi connectivity index (χ1n) is 10.4. The molecule has 1 aliphatic rings. The number of carboxylic acid groups (broad SMARTS) is 1. The molecular weight excluding hydrogens is 426 g/mol. The number of ether oxygens (including phenoxy) is 2. The second-order valence-electron chi connectivity index (χ2n) is 8.88. The molecule has 0 saturated carbocycles. The molecule has 0 amide bonds. The molecule has 33 heavy (non-hydrogen) atoms. The number of carboxylic acids is 1. The molecule has 1 aliphatic heterocycles. The number of aromatic carboxylic acids is 1. The molecule has 2 aromatic rings. The van der Waals surface area contributed by atoms with Crippen molar-refractivity contribution in [2.75, 3.05) is 22.7 Å². The summed E-state index contributed by atoms with van der Waals surface area (Å²) in [5, 5.41) is 23.7. The van der Waals surface area contributed by atoms with Gasteiger partial charge in [0.05, 0.1) is 24.0 Å². The molecule has 3 N–H and O–H groups in total. The van der Waals surface area contributed by atoms with Gasteiger partial charge in [0.2, 0.25) is 0 Å². The van der Waals surface area contributed by atoms with Crippen LogP contribution < -0.4 is 20.3 Å². The largest absolute Gasteiger partial charge is 0.505 e. The second-order valence-corrected chi connectivity index (χ2v) is 8.88. The maximum absolute atomic E-state index is 12.2. The average Bonchev–Trinajstić information content (AvgIpc) is 3.11. The fourth-order valence-corrected chi connectivity index (χ4v) is 3.52. The highest BCUT2D eigenvalue weighted by Crippen LogP contribution is 2.46. The number of esters is 1. The molecule has 0 fully saturated rings. The normalized spacial score (nSPS) is 13.8. The number of anilines is 3. The summed E-state index contributed by atoms with van der Waals surface area (Å²) in [6.45, 7) is 12.7. The predicted molar refractivity (Wildman–Crippen MR) is 126 cm³/mol. The summed E-state index contributed by atoms with van der Waals surface area (Å²) in [4.78, 5) is 23.7. The Hall–Kier alpha value is -3.88. The van der Waals surface area contributed by atoms with Gasteiger partial charge in [-0.05, 0) is 43.5 Å². The van der Waals surface area contributed by atoms with Crippen molar-refractivity contribution in [3.8, 4) is 11.5 Å². The summed E-state index contributed by atoms with van der Waals surface area (Å²) in [5.41, 5.74) is 5.04. The SMILES string of the molecule is C=C(C)C(=O)OC(C)N1c2ccc(C(=O)O)cc2NN1c1cc(OC)cc(C(C)(C)C)c1O. The number of nitrogens with one attached hydrogen (secondary N) is 1. The number of aromatic hydroxyl groups is 1. The lowest BCUT2D eigenvalue weighted by Crippen LogP contribution is -2.49. The van der Waals surface area contributed by atoms with Gasteiger partial charge in [-0.3, -0.25) is 5.43 Å². The molecular formula is C24H29N3O6. The second kappa shape index (κ2) is 8.57. The van der Waals surface area contributed by atoms with E-state index in [0.717, 1.165) is 0 Å². The molecule has 0 radical (unpaired) electrons. The van der Waals surface area contributed by atoms with Gasteiger partial charge in [0, 0.05) is 17.2 Å². The van der Waals surface area contributed by atoms with Crippen molar-refractivity contribution < 1.29 is 29.3 Å². The Morgan fingerprint density at radius 2 is 1.82 bits per heavy atom. The monoisotopic (exact) mass is 455 g/mol. The Labute approximate surface area is 192 Å². The lowest BCUT2D eigenvalue weighted by molar-refractivity contribution is -0.143. The molecule has 2 aromatic carbocycles. The van der Waals surface area contributed by atoms with Gasteiger partial charge in [0.1, 0.15) is 17.2 Å². The fourth-order valence-electron chi connectivity index (χ4n) is 3.52. The number of benzene rings is 2. The number of rotatable bonds is 6. The Bertz CT molecular complexity index is 1120. The molecule has 0 bridgehead atoms. The number of hydrogen-bond acceptors (Lipinski definition) is 8. The lowest BCUT2D eigenvalue weighted by atomic mass is 9.85. The topological polar surface area (TPSA) is 112 Å². The van der Waals surface area contributed by atoms with Crippen LogP contribution in [0.4, 0.5) is 17.1 Å². The third kappa shape index (κ3) is 4.52. The number of phenolic OH excluding ortho intramolecular Hbond substituents is 1. The van der Waals surface area contributed by atoms with Crippen molar-refractivity contribution in [3.63, 3.8) is 0 Å². The Kier molecular flexibility index (Phi) is 6.18. The van der Waals surface area contributed by atoms with Crippen LogP contribution in [0.5, 0.6) is 11.5 Å². The number of phenols is 1. The van der Waals surface area contributed by atoms with Gasteiger partial charge in [-0.2, -0.15) is 5.12 Å². The zero-order valence-electron chi connectivity index (χ0n) is 19.6. The summed E-state index contributed by atoms with van der Waals surface area (Å²) in [7, 11) is 1.53. The summed E-state index contributed by atoms with van der Waals surface area (Å²) >= 11 is 0. The first-order valence-corrected chi connectivity index (χ1v) is 10.4. The van der Waals surface area contributed by atoms with Gasteiger partial charge in [0.15, 0.2) is 6.23 Å². The van der Waals surface area contributed by atoms with E-state index in [0.29, 0.717) is 28.4 Å². The van der Waals surface area contributed by atoms with Crippen molar-refractivity contribution in [1.82, 2.24) is 0 Å². The number of fused-ring (bicyclic) bond motifs is 1. The lowest BCUT2D eigenvalue weighted by Gasteiger charge is -2.36. The fraction of sp³-hybridized carbons (Fsp3) is 0.333. The van der Waals surface area contributed by atoms with Crippen LogP contribution in [0.1, 0.15) is 50.5 Å². The summed E-state index contributed by atoms with van der Waals surface area (Å²) in [6.07, 6.45) is -0.831. The number of hydrazine groups is 2. The highest BCUT2D eigenvalue weighted by atomic mass is 16.6. The summed E-state index contributed by atoms with van der Waals surface area (Å²) in [6, 6.07) is 7.94. The molecule has 0 aromatic heterocycles. The van der Waals surface area contributed by atoms with Crippen LogP contribution in [-0.2, 0) is 14.9 Å². The molecule has 1 heterocycles. The molecule has 1 atom stereocenters. The molecule has 9 heteroatoms. The predicted octanol–water partition coefficient (Wildman–Crippen LogP) is 4.43. The van der Waals surface area contributed by atoms with Crippen LogP contribution in [0.15, 0.2) is 42.5 Å². The smallest absolute Gasteiger partial charge is 0.335 e. The van der Waals surface area contributed by atoms with E-state index in [1.165, 1.54) is 24.4 Å². The number of hydrogen-bond donors (Lipinski definition) is 3. The van der Waals surface area contributed by atoms with Gasteiger partial charge < -0.3 is 19.7 Å². The van der Waals surface area contributed by atoms with E-state index >= 15 is 0 Å². The van der Waals surface area contributed by atoms with Gasteiger partial charge in [-0.25, -0.2) is 14.6 Å². The third-order valence-electron chi connectivity index (χ3n) is 5.24. The van der Waals surface area contributed by atoms with Crippen molar-refractivity contribution in [3.05, 3.63) is 53.6 Å². The van der Waals surface area contributed by atoms with E-state index in [2.05, 4.69) is 12.0 Å². The Morgan fingerprint density at radius 1 is 1.15 bits per heavy atom. The van der Waals surface area contributed by atoms with E-state index < -0.39 is 23.6 Å². The average molecular weight is 456 g/mol. The Balaban J connectivity index is 2.17. The molecule has 0 spiro atoms. The van der Waals surface area contributed by atoms with Crippen molar-refractivity contribution in [2.24, 2.45) is 0 Å². The van der Waals surface area contributed by atoms with Crippen LogP contribution >= 0.6 is 0 Å². The minimum Gasteiger partial charge on any atom is -0.505 e. The highest BCUT2D eigenvalue weighted by Gasteiger charge is 2.36. The molecule has 3 rings (SSSR count). The molecule has 0 aliphatic carbocycles. The summed E-state index contributed by atoms with van der Waals surface area (Å²) in [5.74, 6) is -1.14. The molecule has 9 nitrogen and oxygen atoms in total. The minimum absolute atomic E-state index is 0.00509. The van der Waals surface area contributed by atoms with E-state index in [-0.39, 0.29) is 16.9 Å². The van der Waals surface area contributed by atoms with Crippen LogP contribution in [0, 0.1) is 0 Å². The van der Waals surface area contributed by atoms with E-state index in [1.54, 1.807) is 37.1 Å². The summed E-state index contributed by atoms with van der Waals surface area (Å²) < 4.78 is 11.0. The quantitative estimate of drug-likeness (QED) is 0.430. The van der Waals surface area contributed by atoms with Gasteiger partial charge in [0.25, 0.3) is 0 Å². The highest BCUT2D eigenvalue weighted by molar-refractivity contribution is 5.93. The Morgan fingerprint density at radius 3 is 2.36 bits per heavy atom. The number of nitrogens with zero attached hydrogens (tertiary/aromatic N) is 2. The van der Waals surface area contributed by atoms with Gasteiger partial charge in [-0.15, -0.1) is 0 Å². The van der Waals surface area contributed by atoms with E-state index in [1.807, 2.05) is 20.8 Å². The number of carbonyl (C=O) groups is 2. The number of methoxy groups -OCH3 is 1. The first kappa shape index (κ1) is 23.8. The molecule has 1 unspecified atom stereocenters. The van der Waals surface area contributed by atoms with Gasteiger partial charge >= 0.3 is 11.9 Å². The van der Waals surface area contributed by atoms with Crippen LogP contribution in [-0.4, -0.2) is 35.5 Å². The van der Waals surface area contributed by atoms with Crippen molar-refractivity contribution in [1.29, 1.82) is 0 Å². The first-order chi connectivity index (χ1) is 15.3. The van der Waals surface area contributed by atoms with E-state index in [4.69, 9.17) is 9.47 Å². The van der Waals surface area contributed by atoms with Crippen molar-refractivity contribution in [2.45, 2.75) is 46.3 Å². The maximum atomic E-state index is 12.2. The third-order valence-corrected chi connectivity index (χ3v) is 5.24. The molecule has 0 saturated heterocycles. The minimum atomic E-state index is -1.08.